The number of rotatable bonds is 7. The first-order valence-electron chi connectivity index (χ1n) is 8.49. The van der Waals surface area contributed by atoms with Crippen molar-refractivity contribution in [2.75, 3.05) is 6.61 Å². The van der Waals surface area contributed by atoms with Crippen molar-refractivity contribution in [1.82, 2.24) is 4.98 Å². The number of nitro benzene ring substituents is 1. The van der Waals surface area contributed by atoms with Gasteiger partial charge < -0.3 is 14.5 Å². The normalized spacial score (nSPS) is 11.7. The van der Waals surface area contributed by atoms with Crippen molar-refractivity contribution in [3.63, 3.8) is 0 Å². The summed E-state index contributed by atoms with van der Waals surface area (Å²) in [5, 5.41) is 11.2. The van der Waals surface area contributed by atoms with E-state index in [2.05, 4.69) is 4.98 Å². The number of benzene rings is 1. The Hall–Kier alpha value is -3.16. The summed E-state index contributed by atoms with van der Waals surface area (Å²) in [5.41, 5.74) is 2.02. The predicted octanol–water partition coefficient (Wildman–Crippen LogP) is 3.68. The van der Waals surface area contributed by atoms with Crippen molar-refractivity contribution < 1.29 is 24.0 Å². The Bertz CT molecular complexity index is 900. The van der Waals surface area contributed by atoms with E-state index in [0.29, 0.717) is 22.4 Å². The summed E-state index contributed by atoms with van der Waals surface area (Å²) in [7, 11) is 0. The third kappa shape index (κ3) is 4.16. The third-order valence-corrected chi connectivity index (χ3v) is 4.15. The summed E-state index contributed by atoms with van der Waals surface area (Å²) in [6.45, 7) is 8.48. The van der Waals surface area contributed by atoms with Gasteiger partial charge in [-0.05, 0) is 51.8 Å². The molecule has 1 aromatic heterocycles. The van der Waals surface area contributed by atoms with E-state index in [9.17, 15) is 19.7 Å². The molecule has 0 saturated carbocycles. The lowest BCUT2D eigenvalue weighted by atomic mass is 10.1. The minimum atomic E-state index is -0.988. The monoisotopic (exact) mass is 374 g/mol. The quantitative estimate of drug-likeness (QED) is 0.342. The van der Waals surface area contributed by atoms with Crippen LogP contribution in [0.25, 0.3) is 0 Å². The van der Waals surface area contributed by atoms with Gasteiger partial charge in [0.15, 0.2) is 11.9 Å². The number of H-pyrrole nitrogens is 1. The summed E-state index contributed by atoms with van der Waals surface area (Å²) >= 11 is 0. The van der Waals surface area contributed by atoms with Crippen molar-refractivity contribution in [3.8, 4) is 5.75 Å². The molecule has 1 aromatic carbocycles. The maximum absolute atomic E-state index is 12.8. The highest BCUT2D eigenvalue weighted by molar-refractivity contribution is 6.03. The van der Waals surface area contributed by atoms with Crippen molar-refractivity contribution in [1.29, 1.82) is 0 Å². The molecule has 144 valence electrons. The summed E-state index contributed by atoms with van der Waals surface area (Å²) < 4.78 is 10.6. The van der Waals surface area contributed by atoms with Crippen LogP contribution in [-0.4, -0.2) is 34.4 Å². The van der Waals surface area contributed by atoms with E-state index in [1.165, 1.54) is 19.1 Å². The van der Waals surface area contributed by atoms with Crippen LogP contribution in [0.15, 0.2) is 18.2 Å². The number of ketones is 1. The zero-order valence-corrected chi connectivity index (χ0v) is 15.9. The van der Waals surface area contributed by atoms with Gasteiger partial charge in [-0.1, -0.05) is 6.07 Å². The molecular formula is C19H22N2O6. The van der Waals surface area contributed by atoms with Crippen molar-refractivity contribution in [2.24, 2.45) is 0 Å². The molecule has 8 heteroatoms. The Morgan fingerprint density at radius 1 is 1.26 bits per heavy atom. The van der Waals surface area contributed by atoms with Gasteiger partial charge in [-0.15, -0.1) is 0 Å². The van der Waals surface area contributed by atoms with Gasteiger partial charge in [-0.2, -0.15) is 0 Å². The lowest BCUT2D eigenvalue weighted by Crippen LogP contribution is -2.25. The van der Waals surface area contributed by atoms with Crippen LogP contribution in [0.2, 0.25) is 0 Å². The smallest absolute Gasteiger partial charge is 0.340 e. The summed E-state index contributed by atoms with van der Waals surface area (Å²) in [6, 6.07) is 4.52. The molecule has 8 nitrogen and oxygen atoms in total. The first kappa shape index (κ1) is 20.2. The van der Waals surface area contributed by atoms with Gasteiger partial charge >= 0.3 is 11.7 Å². The van der Waals surface area contributed by atoms with Gasteiger partial charge in [0.05, 0.1) is 22.8 Å². The molecule has 0 aliphatic carbocycles. The van der Waals surface area contributed by atoms with E-state index in [-0.39, 0.29) is 23.7 Å². The van der Waals surface area contributed by atoms with E-state index in [4.69, 9.17) is 9.47 Å². The number of hydrogen-bond acceptors (Lipinski definition) is 6. The first-order chi connectivity index (χ1) is 12.7. The lowest BCUT2D eigenvalue weighted by Gasteiger charge is -2.14. The maximum Gasteiger partial charge on any atom is 0.340 e. The van der Waals surface area contributed by atoms with Crippen LogP contribution < -0.4 is 4.74 Å². The number of aryl methyl sites for hydroxylation is 2. The van der Waals surface area contributed by atoms with Crippen LogP contribution in [0.3, 0.4) is 0 Å². The Labute approximate surface area is 156 Å². The molecule has 0 aliphatic heterocycles. The summed E-state index contributed by atoms with van der Waals surface area (Å²) in [6.07, 6.45) is -0.988. The number of nitrogens with zero attached hydrogens (tertiary/aromatic N) is 1. The van der Waals surface area contributed by atoms with Crippen LogP contribution in [0.1, 0.15) is 51.5 Å². The molecule has 27 heavy (non-hydrogen) atoms. The minimum absolute atomic E-state index is 0.0120. The molecule has 0 amide bonds. The summed E-state index contributed by atoms with van der Waals surface area (Å²) in [5.74, 6) is -0.912. The molecule has 0 bridgehead atoms. The number of Topliss-reactive ketones (excluding diaryl/α,β-unsaturated/α-hetero) is 1. The molecule has 0 radical (unpaired) electrons. The van der Waals surface area contributed by atoms with E-state index >= 15 is 0 Å². The molecule has 0 saturated heterocycles. The molecule has 0 spiro atoms. The number of aromatic amines is 1. The lowest BCUT2D eigenvalue weighted by molar-refractivity contribution is -0.386. The van der Waals surface area contributed by atoms with Gasteiger partial charge in [-0.3, -0.25) is 14.9 Å². The highest BCUT2D eigenvalue weighted by atomic mass is 16.6. The van der Waals surface area contributed by atoms with E-state index in [0.717, 1.165) is 0 Å². The molecule has 1 heterocycles. The van der Waals surface area contributed by atoms with Gasteiger partial charge in [0.1, 0.15) is 0 Å². The minimum Gasteiger partial charge on any atom is -0.475 e. The van der Waals surface area contributed by atoms with Crippen molar-refractivity contribution >= 4 is 17.4 Å². The number of hydrogen-bond donors (Lipinski definition) is 1. The molecular weight excluding hydrogens is 352 g/mol. The average Bonchev–Trinajstić information content (AvgIpc) is 2.90. The van der Waals surface area contributed by atoms with Crippen LogP contribution in [-0.2, 0) is 4.74 Å². The third-order valence-electron chi connectivity index (χ3n) is 4.15. The molecule has 0 unspecified atom stereocenters. The second-order valence-electron chi connectivity index (χ2n) is 6.20. The second kappa shape index (κ2) is 8.03. The number of nitro groups is 1. The average molecular weight is 374 g/mol. The maximum atomic E-state index is 12.8. The van der Waals surface area contributed by atoms with Gasteiger partial charge in [0, 0.05) is 11.8 Å². The van der Waals surface area contributed by atoms with Crippen molar-refractivity contribution in [3.05, 3.63) is 56.4 Å². The van der Waals surface area contributed by atoms with E-state index in [1.807, 2.05) is 0 Å². The predicted molar refractivity (Wildman–Crippen MR) is 98.5 cm³/mol. The van der Waals surface area contributed by atoms with Gasteiger partial charge in [-0.25, -0.2) is 4.79 Å². The molecule has 2 aromatic rings. The van der Waals surface area contributed by atoms with Crippen LogP contribution in [0.5, 0.6) is 5.75 Å². The fourth-order valence-corrected chi connectivity index (χ4v) is 2.82. The van der Waals surface area contributed by atoms with Crippen LogP contribution in [0.4, 0.5) is 5.69 Å². The van der Waals surface area contributed by atoms with E-state index < -0.39 is 22.8 Å². The Morgan fingerprint density at radius 2 is 1.93 bits per heavy atom. The number of carbonyl (C=O) groups excluding carboxylic acids is 2. The number of ether oxygens (including phenoxy) is 2. The van der Waals surface area contributed by atoms with Gasteiger partial charge in [0.2, 0.25) is 5.78 Å². The molecule has 0 aliphatic rings. The number of carbonyl (C=O) groups is 2. The Balaban J connectivity index is 2.30. The number of esters is 1. The molecule has 2 rings (SSSR count). The fraction of sp³-hybridized carbons (Fsp3) is 0.368. The zero-order chi connectivity index (χ0) is 20.3. The first-order valence-corrected chi connectivity index (χ1v) is 8.49. The highest BCUT2D eigenvalue weighted by Gasteiger charge is 2.28. The standard InChI is InChI=1S/C19H22N2O6/c1-6-26-19(23)16-11(3)17(20-12(16)4)18(22)13(5)27-15-8-7-10(2)9-14(15)21(24)25/h7-9,13,20H,6H2,1-5H3/t13-/m1/s1. The zero-order valence-electron chi connectivity index (χ0n) is 15.9. The largest absolute Gasteiger partial charge is 0.475 e. The molecule has 0 fully saturated rings. The SMILES string of the molecule is CCOC(=O)c1c(C)[nH]c(C(=O)[C@@H](C)Oc2ccc(C)cc2[N+](=O)[O-])c1C. The number of nitrogens with one attached hydrogen (secondary N) is 1. The van der Waals surface area contributed by atoms with Crippen LogP contribution in [0, 0.1) is 30.9 Å². The van der Waals surface area contributed by atoms with Crippen LogP contribution >= 0.6 is 0 Å². The van der Waals surface area contributed by atoms with E-state index in [1.54, 1.807) is 33.8 Å². The Kier molecular flexibility index (Phi) is 5.99. The fourth-order valence-electron chi connectivity index (χ4n) is 2.82. The topological polar surface area (TPSA) is 112 Å². The second-order valence-corrected chi connectivity index (χ2v) is 6.20. The molecule has 1 atom stereocenters. The Morgan fingerprint density at radius 3 is 2.52 bits per heavy atom. The van der Waals surface area contributed by atoms with Gasteiger partial charge in [0.25, 0.3) is 0 Å². The van der Waals surface area contributed by atoms with Crippen molar-refractivity contribution in [2.45, 2.75) is 40.7 Å². The molecule has 1 N–H and O–H groups in total. The highest BCUT2D eigenvalue weighted by Crippen LogP contribution is 2.29. The number of aromatic nitrogens is 1. The summed E-state index contributed by atoms with van der Waals surface area (Å²) in [4.78, 5) is 38.4.